The van der Waals surface area contributed by atoms with Gasteiger partial charge in [-0.1, -0.05) is 53.0 Å². The molecule has 0 radical (unpaired) electrons. The van der Waals surface area contributed by atoms with E-state index in [1.807, 2.05) is 5.32 Å². The Balaban J connectivity index is 1.94. The summed E-state index contributed by atoms with van der Waals surface area (Å²) >= 11 is 17.4. The molecule has 1 N–H and O–H groups in total. The smallest absolute Gasteiger partial charge is 0.346 e. The largest absolute Gasteiger partial charge is 0.417 e. The molecule has 0 spiro atoms. The Hall–Kier alpha value is -2.11. The zero-order valence-corrected chi connectivity index (χ0v) is 20.5. The Morgan fingerprint density at radius 1 is 0.946 bits per heavy atom. The molecule has 3 rings (SSSR count). The summed E-state index contributed by atoms with van der Waals surface area (Å²) in [6.45, 7) is 0. The van der Waals surface area contributed by atoms with Gasteiger partial charge in [-0.05, 0) is 48.2 Å². The van der Waals surface area contributed by atoms with Gasteiger partial charge >= 0.3 is 18.5 Å². The molecule has 2 nitrogen and oxygen atoms in total. The van der Waals surface area contributed by atoms with Gasteiger partial charge in [0.1, 0.15) is 0 Å². The van der Waals surface area contributed by atoms with E-state index < -0.39 is 59.0 Å². The van der Waals surface area contributed by atoms with Gasteiger partial charge in [-0.3, -0.25) is 4.79 Å². The molecule has 1 amide bonds. The van der Waals surface area contributed by atoms with Crippen molar-refractivity contribution in [3.05, 3.63) is 73.7 Å². The fraction of sp³-hybridized carbons (Fsp3) is 0.348. The summed E-state index contributed by atoms with van der Waals surface area (Å²) in [7, 11) is 0. The van der Waals surface area contributed by atoms with Crippen LogP contribution in [0.1, 0.15) is 52.2 Å². The average molecular weight is 599 g/mol. The lowest BCUT2D eigenvalue weighted by Gasteiger charge is -2.21. The van der Waals surface area contributed by atoms with Crippen molar-refractivity contribution < 1.29 is 44.3 Å². The highest BCUT2D eigenvalue weighted by molar-refractivity contribution is 6.48. The third-order valence-corrected chi connectivity index (χ3v) is 6.76. The summed E-state index contributed by atoms with van der Waals surface area (Å²) in [5, 5.41) is 1.31. The Labute approximate surface area is 219 Å². The maximum absolute atomic E-state index is 13.7. The monoisotopic (exact) mass is 597 g/mol. The van der Waals surface area contributed by atoms with Gasteiger partial charge in [-0.25, -0.2) is 0 Å². The molecule has 2 aromatic carbocycles. The van der Waals surface area contributed by atoms with Gasteiger partial charge in [0.2, 0.25) is 0 Å². The van der Waals surface area contributed by atoms with Crippen LogP contribution in [-0.4, -0.2) is 23.8 Å². The zero-order valence-electron chi connectivity index (χ0n) is 18.2. The van der Waals surface area contributed by atoms with Crippen molar-refractivity contribution in [3.63, 3.8) is 0 Å². The first-order valence-corrected chi connectivity index (χ1v) is 11.4. The molecule has 0 aliphatic heterocycles. The first-order chi connectivity index (χ1) is 16.8. The summed E-state index contributed by atoms with van der Waals surface area (Å²) in [6.07, 6.45) is -14.8. The number of benzene rings is 2. The third-order valence-electron chi connectivity index (χ3n) is 5.56. The number of nitrogens with one attached hydrogen (secondary N) is 1. The maximum Gasteiger partial charge on any atom is 0.417 e. The van der Waals surface area contributed by atoms with E-state index in [1.165, 1.54) is 0 Å². The van der Waals surface area contributed by atoms with Gasteiger partial charge in [0.25, 0.3) is 5.91 Å². The summed E-state index contributed by atoms with van der Waals surface area (Å²) in [5.41, 5.74) is -4.93. The van der Waals surface area contributed by atoms with Crippen molar-refractivity contribution in [2.45, 2.75) is 49.2 Å². The minimum Gasteiger partial charge on any atom is -0.346 e. The van der Waals surface area contributed by atoms with Crippen LogP contribution in [0, 0.1) is 0 Å². The van der Waals surface area contributed by atoms with Gasteiger partial charge in [0, 0.05) is 5.54 Å². The van der Waals surface area contributed by atoms with E-state index >= 15 is 0 Å². The van der Waals surface area contributed by atoms with Crippen molar-refractivity contribution >= 4 is 46.8 Å². The van der Waals surface area contributed by atoms with Crippen LogP contribution in [0.5, 0.6) is 0 Å². The van der Waals surface area contributed by atoms with Crippen molar-refractivity contribution in [2.75, 3.05) is 0 Å². The van der Waals surface area contributed by atoms with E-state index in [1.54, 1.807) is 0 Å². The number of hydrogen-bond acceptors (Lipinski definition) is 1. The van der Waals surface area contributed by atoms with E-state index in [0.29, 0.717) is 18.2 Å². The van der Waals surface area contributed by atoms with E-state index in [4.69, 9.17) is 34.8 Å². The molecule has 1 saturated carbocycles. The molecule has 1 unspecified atom stereocenters. The molecule has 0 heterocycles. The molecule has 37 heavy (non-hydrogen) atoms. The standard InChI is InChI=1S/C23H15Cl3F9NO/c24-16-8-12(9-17(25)18(16)26)14(22(30,31)32)4-2-11-1-3-13(15(7-11)23(33,34)35)19(37)36-20(5-6-20)10-21(27,28)29/h1-4,7-9,14H,5-6,10H2,(H,36,37)/b4-2+. The number of allylic oxidation sites excluding steroid dienone is 1. The lowest BCUT2D eigenvalue weighted by molar-refractivity contribution is -0.142. The number of rotatable bonds is 6. The lowest BCUT2D eigenvalue weighted by atomic mass is 9.96. The Morgan fingerprint density at radius 2 is 1.51 bits per heavy atom. The van der Waals surface area contributed by atoms with Crippen LogP contribution in [0.4, 0.5) is 39.5 Å². The maximum atomic E-state index is 13.7. The molecule has 1 aliphatic rings. The van der Waals surface area contributed by atoms with E-state index in [-0.39, 0.29) is 33.5 Å². The summed E-state index contributed by atoms with van der Waals surface area (Å²) in [5.74, 6) is -3.70. The quantitative estimate of drug-likeness (QED) is 0.261. The highest BCUT2D eigenvalue weighted by Gasteiger charge is 2.52. The van der Waals surface area contributed by atoms with Crippen molar-refractivity contribution in [1.29, 1.82) is 0 Å². The average Bonchev–Trinajstić information content (AvgIpc) is 3.47. The molecule has 0 aromatic heterocycles. The van der Waals surface area contributed by atoms with Crippen LogP contribution < -0.4 is 5.32 Å². The molecule has 0 saturated heterocycles. The number of amides is 1. The first kappa shape index (κ1) is 29.4. The topological polar surface area (TPSA) is 29.1 Å². The molecule has 1 fully saturated rings. The predicted octanol–water partition coefficient (Wildman–Crippen LogP) is 9.24. The molecule has 1 atom stereocenters. The van der Waals surface area contributed by atoms with Crippen LogP contribution in [0.2, 0.25) is 15.1 Å². The highest BCUT2D eigenvalue weighted by atomic mass is 35.5. The van der Waals surface area contributed by atoms with Gasteiger partial charge in [0.05, 0.1) is 38.5 Å². The van der Waals surface area contributed by atoms with Crippen LogP contribution >= 0.6 is 34.8 Å². The predicted molar refractivity (Wildman–Crippen MR) is 121 cm³/mol. The molecular formula is C23H15Cl3F9NO. The Morgan fingerprint density at radius 3 is 1.97 bits per heavy atom. The minimum atomic E-state index is -5.13. The second-order valence-corrected chi connectivity index (χ2v) is 9.70. The van der Waals surface area contributed by atoms with Crippen LogP contribution in [-0.2, 0) is 6.18 Å². The minimum absolute atomic E-state index is 0.0576. The van der Waals surface area contributed by atoms with Gasteiger partial charge in [0.15, 0.2) is 0 Å². The third kappa shape index (κ3) is 7.48. The Kier molecular flexibility index (Phi) is 8.13. The summed E-state index contributed by atoms with van der Waals surface area (Å²) in [6, 6.07) is 3.91. The van der Waals surface area contributed by atoms with Gasteiger partial charge < -0.3 is 5.32 Å². The number of carbonyl (C=O) groups is 1. The van der Waals surface area contributed by atoms with E-state index in [9.17, 15) is 44.3 Å². The number of hydrogen-bond donors (Lipinski definition) is 1. The van der Waals surface area contributed by atoms with Crippen LogP contribution in [0.15, 0.2) is 36.4 Å². The lowest BCUT2D eigenvalue weighted by Crippen LogP contribution is -2.40. The van der Waals surface area contributed by atoms with Gasteiger partial charge in [-0.15, -0.1) is 0 Å². The van der Waals surface area contributed by atoms with Crippen molar-refractivity contribution in [1.82, 2.24) is 5.32 Å². The normalized spacial score (nSPS) is 16.6. The molecule has 202 valence electrons. The molecule has 14 heteroatoms. The fourth-order valence-corrected chi connectivity index (χ4v) is 4.27. The molecular weight excluding hydrogens is 584 g/mol. The summed E-state index contributed by atoms with van der Waals surface area (Å²) in [4.78, 5) is 12.5. The van der Waals surface area contributed by atoms with Gasteiger partial charge in [-0.2, -0.15) is 39.5 Å². The van der Waals surface area contributed by atoms with Crippen molar-refractivity contribution in [2.24, 2.45) is 0 Å². The molecule has 2 aromatic rings. The van der Waals surface area contributed by atoms with Crippen LogP contribution in [0.3, 0.4) is 0 Å². The highest BCUT2D eigenvalue weighted by Crippen LogP contribution is 2.45. The first-order valence-electron chi connectivity index (χ1n) is 10.3. The Bertz CT molecular complexity index is 1190. The SMILES string of the molecule is O=C(NC1(CC(F)(F)F)CC1)c1ccc(/C=C/C(c2cc(Cl)c(Cl)c(Cl)c2)C(F)(F)F)cc1C(F)(F)F. The van der Waals surface area contributed by atoms with E-state index in [2.05, 4.69) is 0 Å². The second kappa shape index (κ2) is 10.2. The summed E-state index contributed by atoms with van der Waals surface area (Å²) < 4.78 is 120. The molecule has 0 bridgehead atoms. The second-order valence-electron chi connectivity index (χ2n) is 8.51. The van der Waals surface area contributed by atoms with E-state index in [0.717, 1.165) is 24.3 Å². The molecule has 1 aliphatic carbocycles. The fourth-order valence-electron chi connectivity index (χ4n) is 3.66. The number of alkyl halides is 9. The van der Waals surface area contributed by atoms with Crippen LogP contribution in [0.25, 0.3) is 6.08 Å². The number of halogens is 12. The van der Waals surface area contributed by atoms with Crippen molar-refractivity contribution in [3.8, 4) is 0 Å². The number of carbonyl (C=O) groups excluding carboxylic acids is 1. The zero-order chi connectivity index (χ0) is 28.0.